The van der Waals surface area contributed by atoms with E-state index in [1.807, 2.05) is 386 Å². The van der Waals surface area contributed by atoms with Gasteiger partial charge in [-0.05, 0) is 126 Å². The van der Waals surface area contributed by atoms with E-state index < -0.39 is 0 Å². The van der Waals surface area contributed by atoms with E-state index >= 15 is 0 Å². The van der Waals surface area contributed by atoms with Gasteiger partial charge in [-0.2, -0.15) is 0 Å². The highest BCUT2D eigenvalue weighted by molar-refractivity contribution is 7.26. The summed E-state index contributed by atoms with van der Waals surface area (Å²) in [5.74, 6) is 0. The van der Waals surface area contributed by atoms with Gasteiger partial charge in [-0.25, -0.2) is 0 Å². The molecule has 0 saturated carbocycles. The molecule has 0 unspecified atom stereocenters. The molecule has 4 nitrogen and oxygen atoms in total. The molecule has 7 heteroatoms. The van der Waals surface area contributed by atoms with Crippen LogP contribution in [0.15, 0.2) is 539 Å². The van der Waals surface area contributed by atoms with Crippen molar-refractivity contribution in [2.75, 3.05) is 0 Å². The normalized spacial score (nSPS) is 9.63. The second-order valence-corrected chi connectivity index (χ2v) is 34.8. The number of hydrogen-bond acceptors (Lipinski definition) is 7. The quantitative estimate of drug-likeness (QED) is 0.152. The van der Waals surface area contributed by atoms with Gasteiger partial charge in [0.2, 0.25) is 0 Å². The maximum absolute atomic E-state index is 5.65. The number of furan rings is 4. The van der Waals surface area contributed by atoms with Crippen LogP contribution in [0, 0.1) is 41.5 Å². The molecule has 7 heterocycles. The van der Waals surface area contributed by atoms with Crippen LogP contribution in [0.3, 0.4) is 0 Å². The van der Waals surface area contributed by atoms with Gasteiger partial charge in [-0.1, -0.05) is 567 Å². The van der Waals surface area contributed by atoms with Crippen molar-refractivity contribution in [3.63, 3.8) is 0 Å². The monoisotopic (exact) mass is 1990 g/mol. The Morgan fingerprint density at radius 3 is 0.293 bits per heavy atom. The number of rotatable bonds is 0. The van der Waals surface area contributed by atoms with Crippen LogP contribution >= 0.6 is 34.0 Å². The number of para-hydroxylation sites is 8. The Kier molecular flexibility index (Phi) is 53.7. The molecule has 0 bridgehead atoms. The van der Waals surface area contributed by atoms with E-state index in [2.05, 4.69) is 308 Å². The first-order chi connectivity index (χ1) is 72.5. The molecule has 0 atom stereocenters. The summed E-state index contributed by atoms with van der Waals surface area (Å²) in [6.07, 6.45) is 0. The molecule has 7 aromatic heterocycles. The van der Waals surface area contributed by atoms with Crippen LogP contribution in [0.25, 0.3) is 148 Å². The third-order valence-electron chi connectivity index (χ3n) is 21.6. The molecule has 0 radical (unpaired) electrons. The Balaban J connectivity index is 0.000000194. The molecule has 0 amide bonds. The summed E-state index contributed by atoms with van der Waals surface area (Å²) in [5.41, 5.74) is 15.6. The molecule has 27 rings (SSSR count). The first kappa shape index (κ1) is 117. The lowest BCUT2D eigenvalue weighted by Crippen LogP contribution is -1.62. The predicted octanol–water partition coefficient (Wildman–Crippen LogP) is 45.7. The van der Waals surface area contributed by atoms with Gasteiger partial charge in [0.25, 0.3) is 0 Å². The minimum Gasteiger partial charge on any atom is -0.456 e. The standard InChI is InChI=1S/4C12H8O.3C12H8S.6C7H8.7C2H6/c7*1-3-7-11-9(5-1)10-6-2-4-8-12(10)13-11;6*1-7-5-3-2-4-6-7;7*1-2/h7*1-8H;6*2-6H,1H3;7*1-2H3. The molecule has 147 heavy (non-hydrogen) atoms. The zero-order chi connectivity index (χ0) is 105. The zero-order valence-electron chi connectivity index (χ0n) is 89.5. The number of aryl methyl sites for hydroxylation is 6. The largest absolute Gasteiger partial charge is 0.456 e. The lowest BCUT2D eigenvalue weighted by atomic mass is 10.2. The Hall–Kier alpha value is -15.7. The average molecular weight is 1990 g/mol. The fourth-order valence-corrected chi connectivity index (χ4v) is 18.2. The van der Waals surface area contributed by atoms with Crippen molar-refractivity contribution in [3.05, 3.63) is 555 Å². The Morgan fingerprint density at radius 2 is 0.190 bits per heavy atom. The average Bonchev–Trinajstić information content (AvgIpc) is 1.69. The van der Waals surface area contributed by atoms with Crippen molar-refractivity contribution in [3.8, 4) is 0 Å². The summed E-state index contributed by atoms with van der Waals surface area (Å²) in [4.78, 5) is 0. The van der Waals surface area contributed by atoms with Gasteiger partial charge in [0.05, 0.1) is 0 Å². The number of hydrogen-bond donors (Lipinski definition) is 0. The van der Waals surface area contributed by atoms with Crippen LogP contribution in [0.1, 0.15) is 130 Å². The zero-order valence-corrected chi connectivity index (χ0v) is 92.0. The van der Waals surface area contributed by atoms with Gasteiger partial charge >= 0.3 is 0 Å². The van der Waals surface area contributed by atoms with Gasteiger partial charge in [0.1, 0.15) is 44.7 Å². The van der Waals surface area contributed by atoms with E-state index in [9.17, 15) is 0 Å². The Bertz CT molecular complexity index is 6470. The third kappa shape index (κ3) is 36.5. The minimum absolute atomic E-state index is 0.962. The van der Waals surface area contributed by atoms with Crippen molar-refractivity contribution >= 4 is 182 Å². The highest BCUT2D eigenvalue weighted by Crippen LogP contribution is 2.37. The molecule has 0 aliphatic rings. The lowest BCUT2D eigenvalue weighted by Gasteiger charge is -1.88. The molecule has 0 saturated heterocycles. The van der Waals surface area contributed by atoms with Crippen molar-refractivity contribution in [1.82, 2.24) is 0 Å². The first-order valence-corrected chi connectivity index (χ1v) is 54.1. The second kappa shape index (κ2) is 67.7. The van der Waals surface area contributed by atoms with Crippen molar-refractivity contribution < 1.29 is 17.7 Å². The summed E-state index contributed by atoms with van der Waals surface area (Å²) < 4.78 is 30.9. The summed E-state index contributed by atoms with van der Waals surface area (Å²) in [7, 11) is 0. The predicted molar refractivity (Wildman–Crippen MR) is 659 cm³/mol. The molecular formula is C140H146O4S3. The van der Waals surface area contributed by atoms with E-state index in [0.717, 1.165) is 44.7 Å². The maximum Gasteiger partial charge on any atom is 0.135 e. The smallest absolute Gasteiger partial charge is 0.135 e. The van der Waals surface area contributed by atoms with Crippen LogP contribution in [0.4, 0.5) is 0 Å². The van der Waals surface area contributed by atoms with Crippen LogP contribution in [-0.4, -0.2) is 0 Å². The van der Waals surface area contributed by atoms with Crippen LogP contribution in [0.2, 0.25) is 0 Å². The van der Waals surface area contributed by atoms with Gasteiger partial charge < -0.3 is 17.7 Å². The number of benzene rings is 20. The highest BCUT2D eigenvalue weighted by atomic mass is 32.1. The van der Waals surface area contributed by atoms with Gasteiger partial charge in [0.15, 0.2) is 0 Å². The molecule has 0 spiro atoms. The van der Waals surface area contributed by atoms with E-state index in [4.69, 9.17) is 17.7 Å². The third-order valence-corrected chi connectivity index (χ3v) is 25.1. The minimum atomic E-state index is 0.962. The second-order valence-electron chi connectivity index (χ2n) is 31.6. The van der Waals surface area contributed by atoms with E-state index in [-0.39, 0.29) is 0 Å². The molecular weight excluding hydrogens is 1840 g/mol. The van der Waals surface area contributed by atoms with Crippen molar-refractivity contribution in [2.24, 2.45) is 0 Å². The van der Waals surface area contributed by atoms with Crippen LogP contribution in [0.5, 0.6) is 0 Å². The van der Waals surface area contributed by atoms with Crippen LogP contribution < -0.4 is 0 Å². The number of fused-ring (bicyclic) bond motifs is 21. The SMILES string of the molecule is CC.CC.CC.CC.CC.CC.CC.Cc1ccccc1.Cc1ccccc1.Cc1ccccc1.Cc1ccccc1.Cc1ccccc1.Cc1ccccc1.c1ccc2c(c1)oc1ccccc12.c1ccc2c(c1)oc1ccccc12.c1ccc2c(c1)oc1ccccc12.c1ccc2c(c1)oc1ccccc12.c1ccc2c(c1)sc1ccccc12.c1ccc2c(c1)sc1ccccc12.c1ccc2c(c1)sc1ccccc12. The summed E-state index contributed by atoms with van der Waals surface area (Å²) >= 11 is 5.58. The van der Waals surface area contributed by atoms with Gasteiger partial charge in [-0.3, -0.25) is 0 Å². The fourth-order valence-electron chi connectivity index (χ4n) is 14.9. The fraction of sp³-hybridized carbons (Fsp3) is 0.143. The summed E-state index contributed by atoms with van der Waals surface area (Å²) in [6.45, 7) is 40.5. The molecule has 20 aromatic carbocycles. The molecule has 27 aromatic rings. The molecule has 0 fully saturated rings. The van der Waals surface area contributed by atoms with Gasteiger partial charge in [-0.15, -0.1) is 34.0 Å². The molecule has 748 valence electrons. The Morgan fingerprint density at radius 1 is 0.102 bits per heavy atom. The van der Waals surface area contributed by atoms with E-state index in [1.165, 1.54) is 137 Å². The highest BCUT2D eigenvalue weighted by Gasteiger charge is 2.10. The van der Waals surface area contributed by atoms with Crippen molar-refractivity contribution in [1.29, 1.82) is 0 Å². The van der Waals surface area contributed by atoms with E-state index in [1.54, 1.807) is 0 Å². The molecule has 0 aliphatic heterocycles. The van der Waals surface area contributed by atoms with Crippen LogP contribution in [-0.2, 0) is 0 Å². The maximum atomic E-state index is 5.65. The first-order valence-electron chi connectivity index (χ1n) is 51.7. The lowest BCUT2D eigenvalue weighted by molar-refractivity contribution is 0.668. The topological polar surface area (TPSA) is 52.6 Å². The summed E-state index contributed by atoms with van der Waals surface area (Å²) in [6, 6.07) is 178. The Labute approximate surface area is 886 Å². The van der Waals surface area contributed by atoms with Gasteiger partial charge in [0, 0.05) is 104 Å². The van der Waals surface area contributed by atoms with E-state index in [0.29, 0.717) is 0 Å². The molecule has 0 aliphatic carbocycles. The van der Waals surface area contributed by atoms with Crippen molar-refractivity contribution in [2.45, 2.75) is 138 Å². The summed E-state index contributed by atoms with van der Waals surface area (Å²) in [5, 5.41) is 17.8. The number of thiophene rings is 3. The molecule has 0 N–H and O–H groups in total.